The van der Waals surface area contributed by atoms with Gasteiger partial charge in [0.25, 0.3) is 0 Å². The predicted molar refractivity (Wildman–Crippen MR) is 87.9 cm³/mol. The standard InChI is InChI=1S/C18H16N2/c1-3-9-17(10-4-1)13-7-15-19-20-16-8-14-18-11-5-2-6-12-18/h1-16H/b13-7+,14-8+,19-15+,20-16+/i13D,14D. The van der Waals surface area contributed by atoms with Gasteiger partial charge in [-0.25, -0.2) is 0 Å². The van der Waals surface area contributed by atoms with Crippen LogP contribution in [0, 0.1) is 0 Å². The van der Waals surface area contributed by atoms with E-state index in [1.54, 1.807) is 12.2 Å². The van der Waals surface area contributed by atoms with Crippen LogP contribution in [0.4, 0.5) is 0 Å². The average molecular weight is 262 g/mol. The quantitative estimate of drug-likeness (QED) is 0.561. The number of rotatable bonds is 5. The molecule has 0 N–H and O–H groups in total. The molecule has 0 aliphatic carbocycles. The van der Waals surface area contributed by atoms with E-state index in [9.17, 15) is 0 Å². The molecule has 20 heavy (non-hydrogen) atoms. The van der Waals surface area contributed by atoms with Crippen LogP contribution in [-0.4, -0.2) is 12.4 Å². The van der Waals surface area contributed by atoms with Crippen molar-refractivity contribution in [1.82, 2.24) is 0 Å². The largest absolute Gasteiger partial charge is 0.159 e. The van der Waals surface area contributed by atoms with Crippen LogP contribution in [0.1, 0.15) is 13.9 Å². The van der Waals surface area contributed by atoms with E-state index in [1.807, 2.05) is 60.7 Å². The molecule has 0 aliphatic rings. The highest BCUT2D eigenvalue weighted by Crippen LogP contribution is 2.00. The monoisotopic (exact) mass is 262 g/mol. The summed E-state index contributed by atoms with van der Waals surface area (Å²) in [5, 5.41) is 7.65. The molecule has 0 unspecified atom stereocenters. The van der Waals surface area contributed by atoms with Crippen molar-refractivity contribution in [3.8, 4) is 0 Å². The Hall–Kier alpha value is -2.74. The zero-order valence-corrected chi connectivity index (χ0v) is 11.0. The summed E-state index contributed by atoms with van der Waals surface area (Å²) in [6, 6.07) is 19.6. The normalized spacial score (nSPS) is 14.6. The van der Waals surface area contributed by atoms with Gasteiger partial charge in [0.05, 0.1) is 2.74 Å². The third-order valence-electron chi connectivity index (χ3n) is 2.40. The topological polar surface area (TPSA) is 24.7 Å². The molecule has 2 nitrogen and oxygen atoms in total. The van der Waals surface area contributed by atoms with E-state index in [1.165, 1.54) is 12.4 Å². The van der Waals surface area contributed by atoms with Gasteiger partial charge in [-0.3, -0.25) is 0 Å². The third-order valence-corrected chi connectivity index (χ3v) is 2.40. The Morgan fingerprint density at radius 3 is 1.45 bits per heavy atom. The number of hydrogen-bond acceptors (Lipinski definition) is 2. The lowest BCUT2D eigenvalue weighted by Gasteiger charge is -1.88. The van der Waals surface area contributed by atoms with Crippen molar-refractivity contribution in [1.29, 1.82) is 0 Å². The molecule has 0 atom stereocenters. The van der Waals surface area contributed by atoms with Gasteiger partial charge < -0.3 is 0 Å². The van der Waals surface area contributed by atoms with Gasteiger partial charge in [-0.1, -0.05) is 72.8 Å². The second kappa shape index (κ2) is 8.38. The summed E-state index contributed by atoms with van der Waals surface area (Å²) < 4.78 is 15.7. The third kappa shape index (κ3) is 5.27. The first kappa shape index (κ1) is 11.1. The lowest BCUT2D eigenvalue weighted by atomic mass is 10.2. The SMILES string of the molecule is [2H]\C(=C/C=N/N=C/C=C(\[2H])c1ccccc1)c1ccccc1. The van der Waals surface area contributed by atoms with Crippen molar-refractivity contribution in [2.45, 2.75) is 0 Å². The smallest absolute Gasteiger partial charge is 0.0630 e. The second-order valence-corrected chi connectivity index (χ2v) is 3.88. The first-order chi connectivity index (χ1) is 10.8. The molecule has 0 heterocycles. The fourth-order valence-electron chi connectivity index (χ4n) is 1.48. The molecule has 2 aromatic carbocycles. The fourth-order valence-corrected chi connectivity index (χ4v) is 1.48. The van der Waals surface area contributed by atoms with Crippen molar-refractivity contribution in [2.75, 3.05) is 0 Å². The first-order valence-electron chi connectivity index (χ1n) is 7.28. The minimum absolute atomic E-state index is 0.376. The average Bonchev–Trinajstić information content (AvgIpc) is 2.59. The van der Waals surface area contributed by atoms with E-state index in [2.05, 4.69) is 10.2 Å². The summed E-state index contributed by atoms with van der Waals surface area (Å²) in [6.45, 7) is 0. The molecule has 0 bridgehead atoms. The minimum atomic E-state index is 0.376. The summed E-state index contributed by atoms with van der Waals surface area (Å²) >= 11 is 0. The van der Waals surface area contributed by atoms with Gasteiger partial charge in [0.15, 0.2) is 0 Å². The van der Waals surface area contributed by atoms with E-state index in [4.69, 9.17) is 2.74 Å². The van der Waals surface area contributed by atoms with E-state index in [0.717, 1.165) is 11.1 Å². The molecular formula is C18H16N2. The Labute approximate surface area is 122 Å². The van der Waals surface area contributed by atoms with Gasteiger partial charge in [-0.2, -0.15) is 10.2 Å². The Morgan fingerprint density at radius 2 is 1.05 bits per heavy atom. The first-order valence-corrected chi connectivity index (χ1v) is 6.28. The zero-order valence-electron chi connectivity index (χ0n) is 13.0. The highest BCUT2D eigenvalue weighted by atomic mass is 15.2. The molecule has 0 radical (unpaired) electrons. The molecule has 0 aliphatic heterocycles. The van der Waals surface area contributed by atoms with Crippen molar-refractivity contribution in [3.63, 3.8) is 0 Å². The van der Waals surface area contributed by atoms with Crippen molar-refractivity contribution in [2.24, 2.45) is 10.2 Å². The maximum absolute atomic E-state index is 7.85. The summed E-state index contributed by atoms with van der Waals surface area (Å²) in [5.74, 6) is 0. The maximum Gasteiger partial charge on any atom is 0.0630 e. The molecule has 0 amide bonds. The van der Waals surface area contributed by atoms with Crippen molar-refractivity contribution < 1.29 is 2.74 Å². The molecule has 0 fully saturated rings. The van der Waals surface area contributed by atoms with Crippen LogP contribution in [-0.2, 0) is 0 Å². The Bertz CT molecular complexity index is 639. The minimum Gasteiger partial charge on any atom is -0.159 e. The summed E-state index contributed by atoms with van der Waals surface area (Å²) in [4.78, 5) is 0. The number of benzene rings is 2. The molecular weight excluding hydrogens is 244 g/mol. The maximum atomic E-state index is 7.85. The Balaban J connectivity index is 1.92. The Kier molecular flexibility index (Phi) is 4.66. The molecule has 2 rings (SSSR count). The molecule has 0 saturated carbocycles. The van der Waals surface area contributed by atoms with Gasteiger partial charge in [0.1, 0.15) is 0 Å². The highest BCUT2D eigenvalue weighted by molar-refractivity contribution is 5.81. The number of hydrogen-bond donors (Lipinski definition) is 0. The highest BCUT2D eigenvalue weighted by Gasteiger charge is 1.80. The van der Waals surface area contributed by atoms with Crippen LogP contribution < -0.4 is 0 Å². The van der Waals surface area contributed by atoms with Crippen LogP contribution in [0.5, 0.6) is 0 Å². The second-order valence-electron chi connectivity index (χ2n) is 3.88. The summed E-state index contributed by atoms with van der Waals surface area (Å²) in [5.41, 5.74) is 1.66. The van der Waals surface area contributed by atoms with Gasteiger partial charge in [-0.15, -0.1) is 0 Å². The van der Waals surface area contributed by atoms with E-state index < -0.39 is 0 Å². The molecule has 2 heteroatoms. The zero-order chi connectivity index (χ0) is 15.6. The molecule has 98 valence electrons. The number of allylic oxidation sites excluding steroid dienone is 2. The molecule has 0 aromatic heterocycles. The van der Waals surface area contributed by atoms with Crippen LogP contribution in [0.3, 0.4) is 0 Å². The van der Waals surface area contributed by atoms with Gasteiger partial charge in [0.2, 0.25) is 0 Å². The predicted octanol–water partition coefficient (Wildman–Crippen LogP) is 4.47. The van der Waals surface area contributed by atoms with Crippen LogP contribution >= 0.6 is 0 Å². The van der Waals surface area contributed by atoms with E-state index in [0.29, 0.717) is 12.1 Å². The van der Waals surface area contributed by atoms with Gasteiger partial charge in [-0.05, 0) is 23.3 Å². The van der Waals surface area contributed by atoms with Crippen LogP contribution in [0.15, 0.2) is 83.0 Å². The number of nitrogens with zero attached hydrogens (tertiary/aromatic N) is 2. The van der Waals surface area contributed by atoms with Gasteiger partial charge in [0, 0.05) is 12.4 Å². The fraction of sp³-hybridized carbons (Fsp3) is 0. The van der Waals surface area contributed by atoms with Crippen molar-refractivity contribution >= 4 is 24.5 Å². The van der Waals surface area contributed by atoms with E-state index >= 15 is 0 Å². The molecule has 0 spiro atoms. The van der Waals surface area contributed by atoms with Gasteiger partial charge >= 0.3 is 0 Å². The van der Waals surface area contributed by atoms with Crippen molar-refractivity contribution in [3.05, 3.63) is 83.9 Å². The lowest BCUT2D eigenvalue weighted by Crippen LogP contribution is -1.70. The molecule has 0 saturated heterocycles. The Morgan fingerprint density at radius 1 is 0.650 bits per heavy atom. The van der Waals surface area contributed by atoms with Crippen LogP contribution in [0.2, 0.25) is 0 Å². The molecule has 2 aromatic rings. The van der Waals surface area contributed by atoms with E-state index in [-0.39, 0.29) is 0 Å². The summed E-state index contributed by atoms with van der Waals surface area (Å²) in [6.07, 6.45) is 6.09. The lowest BCUT2D eigenvalue weighted by molar-refractivity contribution is 1.27. The van der Waals surface area contributed by atoms with Crippen LogP contribution in [0.25, 0.3) is 12.1 Å². The summed E-state index contributed by atoms with van der Waals surface area (Å²) in [7, 11) is 0.